The Labute approximate surface area is 319 Å². The fraction of sp³-hybridized carbons (Fsp3) is 0.750. The van der Waals surface area contributed by atoms with Gasteiger partial charge in [0.25, 0.3) is 0 Å². The predicted molar refractivity (Wildman–Crippen MR) is 209 cm³/mol. The van der Waals surface area contributed by atoms with Gasteiger partial charge in [0.2, 0.25) is 0 Å². The van der Waals surface area contributed by atoms with E-state index in [2.05, 4.69) is 13.8 Å². The molecule has 0 radical (unpaired) electrons. The van der Waals surface area contributed by atoms with Crippen molar-refractivity contribution in [1.29, 1.82) is 0 Å². The normalized spacial score (nSPS) is 30.9. The Morgan fingerprint density at radius 1 is 0.453 bits per heavy atom. The van der Waals surface area contributed by atoms with Gasteiger partial charge < -0.3 is 4.74 Å². The van der Waals surface area contributed by atoms with Crippen LogP contribution in [0.1, 0.15) is 191 Å². The van der Waals surface area contributed by atoms with Gasteiger partial charge in [0, 0.05) is 0 Å². The lowest BCUT2D eigenvalue weighted by atomic mass is 9.67. The number of rotatable bonds is 16. The van der Waals surface area contributed by atoms with Crippen LogP contribution in [0.2, 0.25) is 0 Å². The van der Waals surface area contributed by atoms with Crippen LogP contribution in [0.3, 0.4) is 0 Å². The van der Waals surface area contributed by atoms with Crippen molar-refractivity contribution < 1.29 is 22.3 Å². The van der Waals surface area contributed by atoms with Crippen molar-refractivity contribution in [3.63, 3.8) is 0 Å². The van der Waals surface area contributed by atoms with Crippen molar-refractivity contribution in [2.75, 3.05) is 0 Å². The summed E-state index contributed by atoms with van der Waals surface area (Å²) in [5, 5.41) is 0. The van der Waals surface area contributed by atoms with Gasteiger partial charge in [0.15, 0.2) is 23.3 Å². The van der Waals surface area contributed by atoms with Gasteiger partial charge in [-0.15, -0.1) is 0 Å². The molecule has 0 aliphatic heterocycles. The zero-order valence-corrected chi connectivity index (χ0v) is 33.1. The van der Waals surface area contributed by atoms with Crippen LogP contribution in [0.15, 0.2) is 36.4 Å². The minimum absolute atomic E-state index is 0.165. The third-order valence-electron chi connectivity index (χ3n) is 14.9. The molecular formula is C48H70F4O. The maximum atomic E-state index is 14.9. The molecule has 6 rings (SSSR count). The third kappa shape index (κ3) is 11.1. The molecule has 4 fully saturated rings. The van der Waals surface area contributed by atoms with Crippen LogP contribution in [0.5, 0.6) is 0 Å². The largest absolute Gasteiger partial charge is 0.365 e. The van der Waals surface area contributed by atoms with E-state index in [1.54, 1.807) is 12.1 Å². The summed E-state index contributed by atoms with van der Waals surface area (Å²) in [6, 6.07) is 8.47. The molecule has 4 saturated carbocycles. The van der Waals surface area contributed by atoms with E-state index in [9.17, 15) is 17.6 Å². The lowest BCUT2D eigenvalue weighted by Gasteiger charge is -2.43. The average Bonchev–Trinajstić information content (AvgIpc) is 3.19. The molecular weight excluding hydrogens is 669 g/mol. The Bertz CT molecular complexity index is 1260. The fourth-order valence-electron chi connectivity index (χ4n) is 11.6. The first-order valence-electron chi connectivity index (χ1n) is 22.4. The monoisotopic (exact) mass is 739 g/mol. The van der Waals surface area contributed by atoms with Gasteiger partial charge in [-0.2, -0.15) is 0 Å². The second-order valence-electron chi connectivity index (χ2n) is 18.2. The second kappa shape index (κ2) is 20.3. The summed E-state index contributed by atoms with van der Waals surface area (Å²) >= 11 is 0. The molecule has 2 aromatic carbocycles. The Balaban J connectivity index is 1.13. The molecule has 53 heavy (non-hydrogen) atoms. The lowest BCUT2D eigenvalue weighted by Crippen LogP contribution is -2.31. The predicted octanol–water partition coefficient (Wildman–Crippen LogP) is 15.4. The molecule has 296 valence electrons. The van der Waals surface area contributed by atoms with Crippen molar-refractivity contribution in [3.8, 4) is 0 Å². The maximum absolute atomic E-state index is 14.9. The number of hydrogen-bond acceptors (Lipinski definition) is 1. The highest BCUT2D eigenvalue weighted by atomic mass is 19.2. The first-order valence-corrected chi connectivity index (χ1v) is 22.4. The number of unbranched alkanes of at least 4 members (excludes halogenated alkanes) is 4. The maximum Gasteiger partial charge on any atom is 0.159 e. The lowest BCUT2D eigenvalue weighted by molar-refractivity contribution is -0.0937. The highest BCUT2D eigenvalue weighted by molar-refractivity contribution is 5.24. The summed E-state index contributed by atoms with van der Waals surface area (Å²) in [7, 11) is 0. The van der Waals surface area contributed by atoms with Crippen LogP contribution in [0.25, 0.3) is 0 Å². The van der Waals surface area contributed by atoms with Crippen LogP contribution in [-0.4, -0.2) is 0 Å². The van der Waals surface area contributed by atoms with Crippen LogP contribution in [-0.2, 0) is 4.74 Å². The van der Waals surface area contributed by atoms with Gasteiger partial charge in [-0.1, -0.05) is 103 Å². The van der Waals surface area contributed by atoms with Gasteiger partial charge >= 0.3 is 0 Å². The SMILES string of the molecule is CCCCC[C@H]1CC[C@H]([C@H]2CC[C@H](C(OC(c3ccc(F)c(F)c3)[C@H]3CC[C@H]([C@H]4CC[C@H](CCCCC)CC4)CC3)c3ccc(F)c(F)c3)CC2)CC1. The minimum atomic E-state index is -0.856. The highest BCUT2D eigenvalue weighted by Crippen LogP contribution is 2.50. The van der Waals surface area contributed by atoms with E-state index < -0.39 is 35.5 Å². The molecule has 2 atom stereocenters. The summed E-state index contributed by atoms with van der Waals surface area (Å²) in [6.45, 7) is 4.56. The Kier molecular flexibility index (Phi) is 15.6. The molecule has 0 spiro atoms. The molecule has 2 unspecified atom stereocenters. The summed E-state index contributed by atoms with van der Waals surface area (Å²) in [6.07, 6.45) is 29.3. The van der Waals surface area contributed by atoms with Gasteiger partial charge in [0.05, 0.1) is 12.2 Å². The Morgan fingerprint density at radius 2 is 0.792 bits per heavy atom. The zero-order chi connectivity index (χ0) is 37.2. The van der Waals surface area contributed by atoms with E-state index in [1.807, 2.05) is 0 Å². The van der Waals surface area contributed by atoms with Gasteiger partial charge in [-0.25, -0.2) is 17.6 Å². The van der Waals surface area contributed by atoms with E-state index in [0.29, 0.717) is 11.1 Å². The molecule has 4 aliphatic carbocycles. The summed E-state index contributed by atoms with van der Waals surface area (Å²) in [4.78, 5) is 0. The number of benzene rings is 2. The quantitative estimate of drug-likeness (QED) is 0.123. The summed E-state index contributed by atoms with van der Waals surface area (Å²) < 4.78 is 65.4. The van der Waals surface area contributed by atoms with Gasteiger partial charge in [-0.05, 0) is 160 Å². The molecule has 0 N–H and O–H groups in total. The van der Waals surface area contributed by atoms with Crippen LogP contribution < -0.4 is 0 Å². The van der Waals surface area contributed by atoms with Crippen LogP contribution >= 0.6 is 0 Å². The first-order chi connectivity index (χ1) is 25.8. The standard InChI is InChI=1S/C48H70F4O/c1-3-5-7-9-33-11-15-35(16-12-33)37-19-23-39(24-20-37)47(41-27-29-43(49)45(51)31-41)53-48(42-28-30-44(50)46(52)32-42)40-25-21-38(22-26-40)36-17-13-34(14-18-36)10-8-6-4-2/h27-40,47-48H,3-26H2,1-2H3/t33-,34-,35-,36-,37-,38-,39-,40-,47?,48?. The Morgan fingerprint density at radius 3 is 1.11 bits per heavy atom. The van der Waals surface area contributed by atoms with Gasteiger partial charge in [0.1, 0.15) is 0 Å². The molecule has 0 amide bonds. The number of ether oxygens (including phenoxy) is 1. The summed E-state index contributed by atoms with van der Waals surface area (Å²) in [5.74, 6) is 1.74. The summed E-state index contributed by atoms with van der Waals surface area (Å²) in [5.41, 5.74) is 1.33. The molecule has 1 nitrogen and oxygen atoms in total. The minimum Gasteiger partial charge on any atom is -0.365 e. The number of hydrogen-bond donors (Lipinski definition) is 0. The smallest absolute Gasteiger partial charge is 0.159 e. The van der Waals surface area contributed by atoms with E-state index in [0.717, 1.165) is 86.9 Å². The number of halogens is 4. The highest BCUT2D eigenvalue weighted by Gasteiger charge is 2.39. The molecule has 2 aromatic rings. The van der Waals surface area contributed by atoms with Crippen molar-refractivity contribution in [1.82, 2.24) is 0 Å². The van der Waals surface area contributed by atoms with E-state index >= 15 is 0 Å². The van der Waals surface area contributed by atoms with Crippen molar-refractivity contribution in [2.24, 2.45) is 47.3 Å². The fourth-order valence-corrected chi connectivity index (χ4v) is 11.6. The van der Waals surface area contributed by atoms with E-state index in [4.69, 9.17) is 4.74 Å². The van der Waals surface area contributed by atoms with Crippen LogP contribution in [0, 0.1) is 70.6 Å². The van der Waals surface area contributed by atoms with Crippen LogP contribution in [0.4, 0.5) is 17.6 Å². The van der Waals surface area contributed by atoms with Crippen molar-refractivity contribution >= 4 is 0 Å². The molecule has 0 aromatic heterocycles. The second-order valence-corrected chi connectivity index (χ2v) is 18.2. The molecule has 4 aliphatic rings. The van der Waals surface area contributed by atoms with E-state index in [-0.39, 0.29) is 11.8 Å². The van der Waals surface area contributed by atoms with Crippen molar-refractivity contribution in [2.45, 2.75) is 180 Å². The average molecular weight is 739 g/mol. The first kappa shape index (κ1) is 40.8. The third-order valence-corrected chi connectivity index (χ3v) is 14.9. The molecule has 0 saturated heterocycles. The van der Waals surface area contributed by atoms with E-state index in [1.165, 1.54) is 127 Å². The molecule has 5 heteroatoms. The Hall–Kier alpha value is -1.88. The topological polar surface area (TPSA) is 9.23 Å². The van der Waals surface area contributed by atoms with Crippen molar-refractivity contribution in [3.05, 3.63) is 70.8 Å². The van der Waals surface area contributed by atoms with Gasteiger partial charge in [-0.3, -0.25) is 0 Å². The zero-order valence-electron chi connectivity index (χ0n) is 33.1. The molecule has 0 heterocycles. The molecule has 0 bridgehead atoms.